The maximum Gasteiger partial charge on any atom is 0.414 e. The van der Waals surface area contributed by atoms with Crippen molar-refractivity contribution in [3.8, 4) is 0 Å². The molecule has 188 valence electrons. The average Bonchev–Trinajstić information content (AvgIpc) is 3.53. The molecular formula is C26H30N6O4. The van der Waals surface area contributed by atoms with E-state index < -0.39 is 0 Å². The second kappa shape index (κ2) is 10.4. The van der Waals surface area contributed by atoms with Gasteiger partial charge in [-0.05, 0) is 38.0 Å². The lowest BCUT2D eigenvalue weighted by atomic mass is 9.96. The summed E-state index contributed by atoms with van der Waals surface area (Å²) in [6.45, 7) is 4.54. The Morgan fingerprint density at radius 2 is 2.11 bits per heavy atom. The van der Waals surface area contributed by atoms with E-state index in [1.165, 1.54) is 7.11 Å². The van der Waals surface area contributed by atoms with Gasteiger partial charge in [0.2, 0.25) is 0 Å². The first-order valence-corrected chi connectivity index (χ1v) is 12.2. The third-order valence-corrected chi connectivity index (χ3v) is 6.74. The number of imidazole rings is 1. The van der Waals surface area contributed by atoms with Crippen molar-refractivity contribution in [2.24, 2.45) is 0 Å². The van der Waals surface area contributed by atoms with Crippen molar-refractivity contribution >= 4 is 22.8 Å². The molecule has 1 aromatic carbocycles. The van der Waals surface area contributed by atoms with Crippen molar-refractivity contribution in [1.29, 1.82) is 0 Å². The van der Waals surface area contributed by atoms with Crippen LogP contribution in [0.15, 0.2) is 58.1 Å². The fraction of sp³-hybridized carbons (Fsp3) is 0.385. The molecule has 10 heteroatoms. The summed E-state index contributed by atoms with van der Waals surface area (Å²) < 4.78 is 14.1. The Kier molecular flexibility index (Phi) is 6.86. The number of rotatable bonds is 8. The summed E-state index contributed by atoms with van der Waals surface area (Å²) in [5, 5.41) is 7.13. The van der Waals surface area contributed by atoms with Crippen molar-refractivity contribution in [1.82, 2.24) is 24.6 Å². The van der Waals surface area contributed by atoms with Crippen LogP contribution in [0.3, 0.4) is 0 Å². The number of carbonyl (C=O) groups is 1. The molecule has 0 bridgehead atoms. The number of hydrogen-bond donors (Lipinski definition) is 1. The topological polar surface area (TPSA) is 107 Å². The van der Waals surface area contributed by atoms with Gasteiger partial charge in [-0.3, -0.25) is 9.69 Å². The lowest BCUT2D eigenvalue weighted by Gasteiger charge is -2.34. The first-order chi connectivity index (χ1) is 17.6. The molecule has 1 N–H and O–H groups in total. The van der Waals surface area contributed by atoms with Gasteiger partial charge in [0, 0.05) is 56.0 Å². The van der Waals surface area contributed by atoms with E-state index >= 15 is 0 Å². The summed E-state index contributed by atoms with van der Waals surface area (Å²) in [5.41, 5.74) is 3.80. The molecule has 5 rings (SSSR count). The highest BCUT2D eigenvalue weighted by molar-refractivity contribution is 5.95. The Balaban J connectivity index is 1.47. The van der Waals surface area contributed by atoms with E-state index in [1.807, 2.05) is 31.2 Å². The lowest BCUT2D eigenvalue weighted by molar-refractivity contribution is 0.175. The summed E-state index contributed by atoms with van der Waals surface area (Å²) >= 11 is 0. The average molecular weight is 491 g/mol. The zero-order valence-corrected chi connectivity index (χ0v) is 20.5. The van der Waals surface area contributed by atoms with Gasteiger partial charge < -0.3 is 23.7 Å². The molecule has 0 radical (unpaired) electrons. The second-order valence-electron chi connectivity index (χ2n) is 8.98. The minimum absolute atomic E-state index is 0.0334. The lowest BCUT2D eigenvalue weighted by Crippen LogP contribution is -2.42. The quantitative estimate of drug-likeness (QED) is 0.378. The number of carbonyl (C=O) groups excluding carboxylic acids is 1. The number of aryl methyl sites for hydroxylation is 3. The molecular weight excluding hydrogens is 460 g/mol. The molecule has 1 amide bonds. The van der Waals surface area contributed by atoms with Gasteiger partial charge in [-0.15, -0.1) is 0 Å². The Morgan fingerprint density at radius 3 is 2.89 bits per heavy atom. The van der Waals surface area contributed by atoms with E-state index in [4.69, 9.17) is 14.2 Å². The van der Waals surface area contributed by atoms with Crippen LogP contribution in [0.2, 0.25) is 0 Å². The van der Waals surface area contributed by atoms with Crippen LogP contribution < -0.4 is 15.8 Å². The Morgan fingerprint density at radius 1 is 1.22 bits per heavy atom. The standard InChI is InChI=1S/C26H30N6O4/c1-18-6-7-20-21(32(18)26(34)35-2)8-9-22-25(20)29-23(11-15-30-14-4-3-5-24(30)33)31(22)16-13-27-17-19-10-12-28-36-19/h3-5,8-10,12,14,18,27H,6-7,11,13,15-17H2,1-2H3/t18-/m0/s1. The van der Waals surface area contributed by atoms with Crippen LogP contribution in [-0.4, -0.2) is 45.1 Å². The molecule has 3 aromatic heterocycles. The molecule has 0 saturated heterocycles. The van der Waals surface area contributed by atoms with Crippen LogP contribution in [0.4, 0.5) is 10.5 Å². The van der Waals surface area contributed by atoms with Crippen LogP contribution in [0.1, 0.15) is 30.5 Å². The second-order valence-corrected chi connectivity index (χ2v) is 8.98. The van der Waals surface area contributed by atoms with Crippen LogP contribution >= 0.6 is 0 Å². The Labute approximate surface area is 208 Å². The van der Waals surface area contributed by atoms with Gasteiger partial charge in [-0.1, -0.05) is 11.2 Å². The maximum absolute atomic E-state index is 12.5. The van der Waals surface area contributed by atoms with E-state index in [0.29, 0.717) is 32.6 Å². The molecule has 1 aliphatic rings. The molecule has 10 nitrogen and oxygen atoms in total. The largest absolute Gasteiger partial charge is 0.452 e. The predicted molar refractivity (Wildman–Crippen MR) is 135 cm³/mol. The number of pyridine rings is 1. The van der Waals surface area contributed by atoms with E-state index in [1.54, 1.807) is 34.0 Å². The molecule has 36 heavy (non-hydrogen) atoms. The van der Waals surface area contributed by atoms with Gasteiger partial charge in [0.1, 0.15) is 11.6 Å². The number of nitrogens with one attached hydrogen (secondary N) is 1. The first kappa shape index (κ1) is 23.8. The summed E-state index contributed by atoms with van der Waals surface area (Å²) in [7, 11) is 1.41. The fourth-order valence-corrected chi connectivity index (χ4v) is 4.89. The van der Waals surface area contributed by atoms with E-state index in [9.17, 15) is 9.59 Å². The van der Waals surface area contributed by atoms with Gasteiger partial charge in [0.15, 0.2) is 0 Å². The fourth-order valence-electron chi connectivity index (χ4n) is 4.89. The Hall–Kier alpha value is -3.92. The van der Waals surface area contributed by atoms with Gasteiger partial charge >= 0.3 is 6.09 Å². The third-order valence-electron chi connectivity index (χ3n) is 6.74. The molecule has 0 saturated carbocycles. The highest BCUT2D eigenvalue weighted by Gasteiger charge is 2.31. The van der Waals surface area contributed by atoms with Crippen LogP contribution in [-0.2, 0) is 37.2 Å². The highest BCUT2D eigenvalue weighted by atomic mass is 16.5. The Bertz CT molecular complexity index is 1410. The van der Waals surface area contributed by atoms with Crippen molar-refractivity contribution in [3.63, 3.8) is 0 Å². The summed E-state index contributed by atoms with van der Waals surface area (Å²) in [6.07, 6.45) is 5.34. The van der Waals surface area contributed by atoms with E-state index in [2.05, 4.69) is 15.0 Å². The number of benzene rings is 1. The van der Waals surface area contributed by atoms with E-state index in [-0.39, 0.29) is 17.7 Å². The van der Waals surface area contributed by atoms with Gasteiger partial charge in [0.05, 0.1) is 36.6 Å². The molecule has 0 fully saturated rings. The van der Waals surface area contributed by atoms with Crippen molar-refractivity contribution in [3.05, 3.63) is 76.3 Å². The number of ether oxygens (including phenoxy) is 1. The molecule has 4 heterocycles. The smallest absolute Gasteiger partial charge is 0.414 e. The maximum atomic E-state index is 12.5. The number of methoxy groups -OCH3 is 1. The zero-order valence-electron chi connectivity index (χ0n) is 20.5. The molecule has 0 aliphatic carbocycles. The number of nitrogens with zero attached hydrogens (tertiary/aromatic N) is 5. The SMILES string of the molecule is COC(=O)N1c2ccc3c(nc(CCn4ccccc4=O)n3CCNCc3ccno3)c2CC[C@@H]1C. The van der Waals surface area contributed by atoms with E-state index in [0.717, 1.165) is 46.7 Å². The van der Waals surface area contributed by atoms with Crippen LogP contribution in [0.5, 0.6) is 0 Å². The monoisotopic (exact) mass is 490 g/mol. The molecule has 0 unspecified atom stereocenters. The van der Waals surface area contributed by atoms with Crippen LogP contribution in [0.25, 0.3) is 11.0 Å². The summed E-state index contributed by atoms with van der Waals surface area (Å²) in [6, 6.07) is 11.1. The van der Waals surface area contributed by atoms with Crippen molar-refractivity contribution in [2.45, 2.75) is 51.9 Å². The summed E-state index contributed by atoms with van der Waals surface area (Å²) in [5.74, 6) is 1.68. The van der Waals surface area contributed by atoms with Crippen molar-refractivity contribution < 1.29 is 14.1 Å². The van der Waals surface area contributed by atoms with Gasteiger partial charge in [-0.2, -0.15) is 0 Å². The van der Waals surface area contributed by atoms with Gasteiger partial charge in [-0.25, -0.2) is 9.78 Å². The number of anilines is 1. The van der Waals surface area contributed by atoms with Crippen molar-refractivity contribution in [2.75, 3.05) is 18.6 Å². The first-order valence-electron chi connectivity index (χ1n) is 12.2. The molecule has 1 aliphatic heterocycles. The number of amides is 1. The van der Waals surface area contributed by atoms with Gasteiger partial charge in [0.25, 0.3) is 5.56 Å². The minimum atomic E-state index is -0.359. The zero-order chi connectivity index (χ0) is 25.1. The highest BCUT2D eigenvalue weighted by Crippen LogP contribution is 2.36. The third kappa shape index (κ3) is 4.64. The molecule has 0 spiro atoms. The number of fused-ring (bicyclic) bond motifs is 3. The summed E-state index contributed by atoms with van der Waals surface area (Å²) in [4.78, 5) is 31.5. The molecule has 4 aromatic rings. The van der Waals surface area contributed by atoms with Crippen LogP contribution in [0, 0.1) is 0 Å². The predicted octanol–water partition coefficient (Wildman–Crippen LogP) is 3.13. The molecule has 1 atom stereocenters. The number of hydrogen-bond acceptors (Lipinski definition) is 7. The number of aromatic nitrogens is 4. The minimum Gasteiger partial charge on any atom is -0.452 e. The normalized spacial score (nSPS) is 15.3.